The molecule has 1 saturated heterocycles. The Morgan fingerprint density at radius 3 is 2.58 bits per heavy atom. The second kappa shape index (κ2) is 14.2. The van der Waals surface area contributed by atoms with Gasteiger partial charge in [0, 0.05) is 30.3 Å². The standard InChI is InChI=1S/C38H37N3O4/c1-3-33(29-10-9-11-32(25-29)45-35-12-5-7-22-39-35)38(28-17-14-27(15-18-28)16-21-37(42)43-4-2)30-19-20-34-31(24-30)26-40-41(34)36-13-6-8-23-44-36/h5,7,9-12,14-22,24-26,36H,3-4,6,8,13,23H2,1-2H3/b21-16+,38-33+. The van der Waals surface area contributed by atoms with Crippen molar-refractivity contribution in [1.29, 1.82) is 0 Å². The van der Waals surface area contributed by atoms with Gasteiger partial charge in [-0.25, -0.2) is 14.5 Å². The van der Waals surface area contributed by atoms with Gasteiger partial charge in [-0.1, -0.05) is 55.5 Å². The maximum atomic E-state index is 11.9. The fraction of sp³-hybridized carbons (Fsp3) is 0.237. The summed E-state index contributed by atoms with van der Waals surface area (Å²) in [4.78, 5) is 16.2. The summed E-state index contributed by atoms with van der Waals surface area (Å²) in [6.07, 6.45) is 10.9. The van der Waals surface area contributed by atoms with Gasteiger partial charge in [-0.05, 0) is 102 Å². The SMILES string of the molecule is CCOC(=O)/C=C/c1ccc(/C(=C(/CC)c2cccc(Oc3ccccn3)c2)c2ccc3c(cnn3C3CCCCO3)c2)cc1. The van der Waals surface area contributed by atoms with Crippen LogP contribution in [0.15, 0.2) is 103 Å². The van der Waals surface area contributed by atoms with Gasteiger partial charge in [0.25, 0.3) is 0 Å². The number of pyridine rings is 1. The fourth-order valence-electron chi connectivity index (χ4n) is 5.79. The van der Waals surface area contributed by atoms with Crippen LogP contribution < -0.4 is 4.74 Å². The molecule has 2 aromatic heterocycles. The molecule has 0 radical (unpaired) electrons. The summed E-state index contributed by atoms with van der Waals surface area (Å²) in [5, 5.41) is 5.80. The zero-order valence-electron chi connectivity index (χ0n) is 25.7. The van der Waals surface area contributed by atoms with Crippen LogP contribution in [0.5, 0.6) is 11.6 Å². The number of fused-ring (bicyclic) bond motifs is 1. The topological polar surface area (TPSA) is 75.5 Å². The number of hydrogen-bond donors (Lipinski definition) is 0. The molecule has 1 aliphatic rings. The molecule has 0 bridgehead atoms. The van der Waals surface area contributed by atoms with Gasteiger partial charge in [0.1, 0.15) is 5.75 Å². The number of ether oxygens (including phenoxy) is 3. The van der Waals surface area contributed by atoms with Crippen LogP contribution in [0.4, 0.5) is 0 Å². The Balaban J connectivity index is 1.43. The molecule has 228 valence electrons. The molecule has 1 atom stereocenters. The monoisotopic (exact) mass is 599 g/mol. The first-order chi connectivity index (χ1) is 22.1. The molecule has 1 unspecified atom stereocenters. The Morgan fingerprint density at radius 1 is 0.956 bits per heavy atom. The molecule has 0 spiro atoms. The van der Waals surface area contributed by atoms with Crippen molar-refractivity contribution in [1.82, 2.24) is 14.8 Å². The van der Waals surface area contributed by atoms with Gasteiger partial charge in [-0.15, -0.1) is 0 Å². The molecule has 5 aromatic rings. The Kier molecular flexibility index (Phi) is 9.47. The van der Waals surface area contributed by atoms with Crippen LogP contribution in [0.1, 0.15) is 68.0 Å². The first-order valence-corrected chi connectivity index (χ1v) is 15.6. The van der Waals surface area contributed by atoms with Crippen molar-refractivity contribution in [3.05, 3.63) is 126 Å². The van der Waals surface area contributed by atoms with Gasteiger partial charge in [0.15, 0.2) is 6.23 Å². The zero-order chi connectivity index (χ0) is 31.0. The number of hydrogen-bond acceptors (Lipinski definition) is 6. The quantitative estimate of drug-likeness (QED) is 0.0907. The normalized spacial score (nSPS) is 15.6. The third kappa shape index (κ3) is 7.05. The summed E-state index contributed by atoms with van der Waals surface area (Å²) in [6, 6.07) is 28.6. The molecule has 7 nitrogen and oxygen atoms in total. The third-order valence-electron chi connectivity index (χ3n) is 7.91. The molecule has 3 heterocycles. The fourth-order valence-corrected chi connectivity index (χ4v) is 5.79. The highest BCUT2D eigenvalue weighted by atomic mass is 16.5. The highest BCUT2D eigenvalue weighted by Gasteiger charge is 2.20. The lowest BCUT2D eigenvalue weighted by atomic mass is 9.87. The summed E-state index contributed by atoms with van der Waals surface area (Å²) in [5.74, 6) is 0.920. The number of carbonyl (C=O) groups excluding carboxylic acids is 1. The zero-order valence-corrected chi connectivity index (χ0v) is 25.7. The summed E-state index contributed by atoms with van der Waals surface area (Å²) >= 11 is 0. The van der Waals surface area contributed by atoms with Crippen LogP contribution >= 0.6 is 0 Å². The lowest BCUT2D eigenvalue weighted by molar-refractivity contribution is -0.137. The van der Waals surface area contributed by atoms with Crippen LogP contribution in [-0.2, 0) is 14.3 Å². The Labute approximate surface area is 263 Å². The Bertz CT molecular complexity index is 1820. The maximum Gasteiger partial charge on any atom is 0.330 e. The summed E-state index contributed by atoms with van der Waals surface area (Å²) in [5.41, 5.74) is 7.51. The number of rotatable bonds is 10. The highest BCUT2D eigenvalue weighted by Crippen LogP contribution is 2.38. The van der Waals surface area contributed by atoms with Crippen molar-refractivity contribution in [3.63, 3.8) is 0 Å². The molecule has 0 saturated carbocycles. The Morgan fingerprint density at radius 2 is 1.82 bits per heavy atom. The first kappa shape index (κ1) is 30.0. The van der Waals surface area contributed by atoms with Gasteiger partial charge >= 0.3 is 5.97 Å². The van der Waals surface area contributed by atoms with E-state index < -0.39 is 0 Å². The first-order valence-electron chi connectivity index (χ1n) is 15.6. The largest absolute Gasteiger partial charge is 0.463 e. The minimum Gasteiger partial charge on any atom is -0.463 e. The van der Waals surface area contributed by atoms with Crippen molar-refractivity contribution < 1.29 is 19.0 Å². The minimum absolute atomic E-state index is 0.0274. The molecular formula is C38H37N3O4. The lowest BCUT2D eigenvalue weighted by Gasteiger charge is -2.23. The van der Waals surface area contributed by atoms with Crippen LogP contribution in [-0.4, -0.2) is 33.9 Å². The second-order valence-electron chi connectivity index (χ2n) is 10.9. The molecule has 1 aliphatic heterocycles. The van der Waals surface area contributed by atoms with E-state index in [0.717, 1.165) is 76.8 Å². The number of esters is 1. The molecule has 6 rings (SSSR count). The maximum absolute atomic E-state index is 11.9. The predicted octanol–water partition coefficient (Wildman–Crippen LogP) is 8.87. The average Bonchev–Trinajstić information content (AvgIpc) is 3.51. The number of carbonyl (C=O) groups is 1. The Hall–Kier alpha value is -5.01. The number of benzene rings is 3. The van der Waals surface area contributed by atoms with Gasteiger partial charge in [0.05, 0.1) is 18.3 Å². The molecule has 0 N–H and O–H groups in total. The van der Waals surface area contributed by atoms with Crippen LogP contribution in [0.25, 0.3) is 28.1 Å². The van der Waals surface area contributed by atoms with Crippen LogP contribution in [0.2, 0.25) is 0 Å². The minimum atomic E-state index is -0.351. The van der Waals surface area contributed by atoms with E-state index in [0.29, 0.717) is 12.5 Å². The number of allylic oxidation sites excluding steroid dienone is 1. The van der Waals surface area contributed by atoms with Crippen molar-refractivity contribution >= 4 is 34.1 Å². The highest BCUT2D eigenvalue weighted by molar-refractivity contribution is 6.00. The van der Waals surface area contributed by atoms with E-state index in [1.807, 2.05) is 53.3 Å². The van der Waals surface area contributed by atoms with Gasteiger partial charge < -0.3 is 14.2 Å². The van der Waals surface area contributed by atoms with Crippen LogP contribution in [0.3, 0.4) is 0 Å². The van der Waals surface area contributed by atoms with E-state index in [1.54, 1.807) is 19.2 Å². The molecular weight excluding hydrogens is 562 g/mol. The van der Waals surface area contributed by atoms with Crippen molar-refractivity contribution in [3.8, 4) is 11.6 Å². The van der Waals surface area contributed by atoms with E-state index in [4.69, 9.17) is 19.3 Å². The number of nitrogens with zero attached hydrogens (tertiary/aromatic N) is 3. The summed E-state index contributed by atoms with van der Waals surface area (Å²) in [6.45, 7) is 5.09. The number of aromatic nitrogens is 3. The molecule has 1 fully saturated rings. The molecule has 45 heavy (non-hydrogen) atoms. The van der Waals surface area contributed by atoms with Crippen molar-refractivity contribution in [2.24, 2.45) is 0 Å². The van der Waals surface area contributed by atoms with E-state index in [1.165, 1.54) is 11.6 Å². The smallest absolute Gasteiger partial charge is 0.330 e. The second-order valence-corrected chi connectivity index (χ2v) is 10.9. The van der Waals surface area contributed by atoms with Gasteiger partial charge in [0.2, 0.25) is 5.88 Å². The van der Waals surface area contributed by atoms with Gasteiger partial charge in [-0.2, -0.15) is 5.10 Å². The van der Waals surface area contributed by atoms with Crippen molar-refractivity contribution in [2.45, 2.75) is 45.8 Å². The van der Waals surface area contributed by atoms with E-state index in [-0.39, 0.29) is 12.2 Å². The van der Waals surface area contributed by atoms with E-state index in [9.17, 15) is 4.79 Å². The predicted molar refractivity (Wildman–Crippen MR) is 178 cm³/mol. The van der Waals surface area contributed by atoms with Crippen molar-refractivity contribution in [2.75, 3.05) is 13.2 Å². The summed E-state index contributed by atoms with van der Waals surface area (Å²) < 4.78 is 19.2. The average molecular weight is 600 g/mol. The van der Waals surface area contributed by atoms with Crippen LogP contribution in [0, 0.1) is 0 Å². The molecule has 0 aliphatic carbocycles. The molecule has 3 aromatic carbocycles. The van der Waals surface area contributed by atoms with E-state index >= 15 is 0 Å². The molecule has 7 heteroatoms. The van der Waals surface area contributed by atoms with Gasteiger partial charge in [-0.3, -0.25) is 0 Å². The summed E-state index contributed by atoms with van der Waals surface area (Å²) in [7, 11) is 0. The third-order valence-corrected chi connectivity index (χ3v) is 7.91. The molecule has 0 amide bonds. The van der Waals surface area contributed by atoms with E-state index in [2.05, 4.69) is 54.4 Å². The lowest BCUT2D eigenvalue weighted by Crippen LogP contribution is -2.18.